The van der Waals surface area contributed by atoms with E-state index in [2.05, 4.69) is 29.0 Å². The zero-order valence-corrected chi connectivity index (χ0v) is 17.3. The zero-order valence-electron chi connectivity index (χ0n) is 17.3. The second kappa shape index (κ2) is 7.30. The molecule has 0 atom stereocenters. The van der Waals surface area contributed by atoms with E-state index in [0.29, 0.717) is 0 Å². The molecule has 0 saturated heterocycles. The van der Waals surface area contributed by atoms with Crippen molar-refractivity contribution in [2.45, 2.75) is 19.8 Å². The van der Waals surface area contributed by atoms with Crippen molar-refractivity contribution in [1.29, 1.82) is 0 Å². The van der Waals surface area contributed by atoms with Crippen LogP contribution in [0.3, 0.4) is 0 Å². The van der Waals surface area contributed by atoms with E-state index < -0.39 is 0 Å². The fourth-order valence-electron chi connectivity index (χ4n) is 3.89. The number of methoxy groups -OCH3 is 1. The lowest BCUT2D eigenvalue weighted by atomic mass is 10.1. The number of aryl methyl sites for hydroxylation is 4. The van der Waals surface area contributed by atoms with E-state index in [0.717, 1.165) is 63.6 Å². The summed E-state index contributed by atoms with van der Waals surface area (Å²) in [6.45, 7) is 2.01. The first kappa shape index (κ1) is 18.4. The van der Waals surface area contributed by atoms with Gasteiger partial charge in [0.15, 0.2) is 0 Å². The van der Waals surface area contributed by atoms with Crippen LogP contribution in [0.5, 0.6) is 5.75 Å². The molecular formula is C24H23N5O. The monoisotopic (exact) mass is 397 g/mol. The Bertz CT molecular complexity index is 1350. The molecule has 0 radical (unpaired) electrons. The molecule has 30 heavy (non-hydrogen) atoms. The number of hydrogen-bond donors (Lipinski definition) is 0. The molecule has 0 aliphatic carbocycles. The number of benzene rings is 2. The van der Waals surface area contributed by atoms with Crippen molar-refractivity contribution in [3.63, 3.8) is 0 Å². The molecule has 6 nitrogen and oxygen atoms in total. The number of imidazole rings is 1. The minimum Gasteiger partial charge on any atom is -0.497 e. The summed E-state index contributed by atoms with van der Waals surface area (Å²) in [7, 11) is 3.72. The standard InChI is InChI=1S/C24H23N5O/c1-16-13-22-19-14-18(30-3)9-10-20(19)25-24(29(22)27-16)12-11-23-26-21(15-28(23)2)17-7-5-4-6-8-17/h4-10,13-15H,11-12H2,1-3H3. The second-order valence-electron chi connectivity index (χ2n) is 7.51. The van der Waals surface area contributed by atoms with Crippen LogP contribution in [0.25, 0.3) is 27.7 Å². The first-order chi connectivity index (χ1) is 14.6. The van der Waals surface area contributed by atoms with Crippen LogP contribution in [0.1, 0.15) is 17.3 Å². The number of rotatable bonds is 5. The normalized spacial score (nSPS) is 11.4. The fourth-order valence-corrected chi connectivity index (χ4v) is 3.89. The molecule has 2 aromatic carbocycles. The lowest BCUT2D eigenvalue weighted by Crippen LogP contribution is -2.07. The van der Waals surface area contributed by atoms with Crippen LogP contribution in [-0.2, 0) is 19.9 Å². The third-order valence-corrected chi connectivity index (χ3v) is 5.42. The summed E-state index contributed by atoms with van der Waals surface area (Å²) in [5.41, 5.74) is 5.09. The first-order valence-corrected chi connectivity index (χ1v) is 10.0. The Labute approximate surface area is 174 Å². The molecule has 0 bridgehead atoms. The van der Waals surface area contributed by atoms with E-state index in [1.807, 2.05) is 54.9 Å². The molecule has 0 spiro atoms. The van der Waals surface area contributed by atoms with Gasteiger partial charge in [0.05, 0.1) is 29.5 Å². The van der Waals surface area contributed by atoms with Crippen LogP contribution in [0.4, 0.5) is 0 Å². The molecule has 0 aliphatic heterocycles. The van der Waals surface area contributed by atoms with E-state index in [1.165, 1.54) is 0 Å². The summed E-state index contributed by atoms with van der Waals surface area (Å²) in [5, 5.41) is 5.74. The van der Waals surface area contributed by atoms with Crippen LogP contribution >= 0.6 is 0 Å². The van der Waals surface area contributed by atoms with Gasteiger partial charge in [0.1, 0.15) is 17.4 Å². The van der Waals surface area contributed by atoms with Crippen molar-refractivity contribution in [2.24, 2.45) is 7.05 Å². The van der Waals surface area contributed by atoms with Crippen molar-refractivity contribution in [1.82, 2.24) is 24.1 Å². The number of aromatic nitrogens is 5. The van der Waals surface area contributed by atoms with Crippen LogP contribution in [0.2, 0.25) is 0 Å². The van der Waals surface area contributed by atoms with E-state index in [-0.39, 0.29) is 0 Å². The van der Waals surface area contributed by atoms with E-state index in [4.69, 9.17) is 19.8 Å². The quantitative estimate of drug-likeness (QED) is 0.441. The minimum atomic E-state index is 0.749. The van der Waals surface area contributed by atoms with Gasteiger partial charge in [-0.05, 0) is 31.2 Å². The third kappa shape index (κ3) is 3.20. The van der Waals surface area contributed by atoms with Crippen molar-refractivity contribution in [3.8, 4) is 17.0 Å². The number of hydrogen-bond acceptors (Lipinski definition) is 4. The van der Waals surface area contributed by atoms with Crippen LogP contribution in [0, 0.1) is 6.92 Å². The molecule has 3 aromatic heterocycles. The maximum atomic E-state index is 5.40. The maximum absolute atomic E-state index is 5.40. The van der Waals surface area contributed by atoms with Gasteiger partial charge in [0.25, 0.3) is 0 Å². The highest BCUT2D eigenvalue weighted by Crippen LogP contribution is 2.26. The van der Waals surface area contributed by atoms with Gasteiger partial charge in [0, 0.05) is 37.0 Å². The summed E-state index contributed by atoms with van der Waals surface area (Å²) in [6, 6.07) is 18.3. The summed E-state index contributed by atoms with van der Waals surface area (Å²) in [4.78, 5) is 9.76. The van der Waals surface area contributed by atoms with Crippen LogP contribution in [-0.4, -0.2) is 31.3 Å². The van der Waals surface area contributed by atoms with E-state index >= 15 is 0 Å². The Morgan fingerprint density at radius 3 is 2.53 bits per heavy atom. The van der Waals surface area contributed by atoms with Gasteiger partial charge in [0.2, 0.25) is 0 Å². The molecule has 3 heterocycles. The zero-order chi connectivity index (χ0) is 20.7. The van der Waals surface area contributed by atoms with Crippen molar-refractivity contribution in [2.75, 3.05) is 7.11 Å². The minimum absolute atomic E-state index is 0.749. The van der Waals surface area contributed by atoms with Crippen LogP contribution < -0.4 is 4.74 Å². The van der Waals surface area contributed by atoms with Gasteiger partial charge < -0.3 is 9.30 Å². The first-order valence-electron chi connectivity index (χ1n) is 10.0. The van der Waals surface area contributed by atoms with Crippen molar-refractivity contribution in [3.05, 3.63) is 78.1 Å². The predicted octanol–water partition coefficient (Wildman–Crippen LogP) is 4.39. The molecule has 0 saturated carbocycles. The molecule has 5 rings (SSSR count). The Morgan fingerprint density at radius 2 is 1.73 bits per heavy atom. The highest BCUT2D eigenvalue weighted by atomic mass is 16.5. The molecule has 150 valence electrons. The van der Waals surface area contributed by atoms with E-state index in [9.17, 15) is 0 Å². The largest absolute Gasteiger partial charge is 0.497 e. The Morgan fingerprint density at radius 1 is 0.933 bits per heavy atom. The SMILES string of the molecule is COc1ccc2nc(CCc3nc(-c4ccccc4)cn3C)n3nc(C)cc3c2c1. The maximum Gasteiger partial charge on any atom is 0.131 e. The van der Waals surface area contributed by atoms with Gasteiger partial charge in [-0.2, -0.15) is 5.10 Å². The smallest absolute Gasteiger partial charge is 0.131 e. The second-order valence-corrected chi connectivity index (χ2v) is 7.51. The average Bonchev–Trinajstić information content (AvgIpc) is 3.35. The van der Waals surface area contributed by atoms with Gasteiger partial charge >= 0.3 is 0 Å². The lowest BCUT2D eigenvalue weighted by molar-refractivity contribution is 0.415. The topological polar surface area (TPSA) is 57.2 Å². The van der Waals surface area contributed by atoms with E-state index in [1.54, 1.807) is 7.11 Å². The molecule has 0 N–H and O–H groups in total. The summed E-state index contributed by atoms with van der Waals surface area (Å²) in [6.07, 6.45) is 3.61. The molecule has 5 aromatic rings. The lowest BCUT2D eigenvalue weighted by Gasteiger charge is -2.09. The molecule has 0 aliphatic rings. The Balaban J connectivity index is 1.51. The van der Waals surface area contributed by atoms with Crippen molar-refractivity contribution >= 4 is 16.4 Å². The number of ether oxygens (including phenoxy) is 1. The average molecular weight is 397 g/mol. The van der Waals surface area contributed by atoms with Crippen molar-refractivity contribution < 1.29 is 4.74 Å². The Kier molecular flexibility index (Phi) is 4.47. The van der Waals surface area contributed by atoms with Gasteiger partial charge in [-0.15, -0.1) is 0 Å². The molecular weight excluding hydrogens is 374 g/mol. The third-order valence-electron chi connectivity index (χ3n) is 5.42. The fraction of sp³-hybridized carbons (Fsp3) is 0.208. The van der Waals surface area contributed by atoms with Crippen LogP contribution in [0.15, 0.2) is 60.8 Å². The molecule has 6 heteroatoms. The Hall–Kier alpha value is -3.67. The highest BCUT2D eigenvalue weighted by molar-refractivity contribution is 5.94. The molecule has 0 fully saturated rings. The molecule has 0 amide bonds. The number of nitrogens with zero attached hydrogens (tertiary/aromatic N) is 5. The highest BCUT2D eigenvalue weighted by Gasteiger charge is 2.14. The van der Waals surface area contributed by atoms with Gasteiger partial charge in [-0.25, -0.2) is 14.5 Å². The summed E-state index contributed by atoms with van der Waals surface area (Å²) >= 11 is 0. The molecule has 0 unspecified atom stereocenters. The van der Waals surface area contributed by atoms with Gasteiger partial charge in [-0.1, -0.05) is 30.3 Å². The predicted molar refractivity (Wildman–Crippen MR) is 118 cm³/mol. The number of fused-ring (bicyclic) bond motifs is 3. The van der Waals surface area contributed by atoms with Gasteiger partial charge in [-0.3, -0.25) is 0 Å². The summed E-state index contributed by atoms with van der Waals surface area (Å²) < 4.78 is 9.45. The summed E-state index contributed by atoms with van der Waals surface area (Å²) in [5.74, 6) is 2.78.